The molecule has 0 saturated heterocycles. The van der Waals surface area contributed by atoms with Gasteiger partial charge in [0.25, 0.3) is 0 Å². The number of rotatable bonds is 3. The number of carboxylic acids is 1. The van der Waals surface area contributed by atoms with Crippen LogP contribution in [0, 0.1) is 11.3 Å². The third kappa shape index (κ3) is 3.51. The molecule has 16 heavy (non-hydrogen) atoms. The van der Waals surface area contributed by atoms with Crippen LogP contribution >= 0.6 is 0 Å². The zero-order valence-electron chi connectivity index (χ0n) is 10.2. The Labute approximate surface area is 96.4 Å². The topological polar surface area (TPSA) is 66.4 Å². The molecule has 0 aliphatic heterocycles. The molecule has 1 rings (SSSR count). The Balaban J connectivity index is 2.39. The molecular weight excluding hydrogens is 206 g/mol. The van der Waals surface area contributed by atoms with Crippen LogP contribution in [0.2, 0.25) is 0 Å². The molecule has 0 aromatic carbocycles. The molecule has 4 heteroatoms. The Morgan fingerprint density at radius 1 is 1.31 bits per heavy atom. The minimum absolute atomic E-state index is 0.155. The number of carboxylic acid groups (broad SMARTS) is 1. The molecular formula is C12H21NO3. The summed E-state index contributed by atoms with van der Waals surface area (Å²) < 4.78 is 0. The van der Waals surface area contributed by atoms with E-state index in [2.05, 4.69) is 19.2 Å². The highest BCUT2D eigenvalue weighted by Gasteiger charge is 2.29. The molecule has 0 aromatic heterocycles. The largest absolute Gasteiger partial charge is 0.481 e. The molecule has 4 nitrogen and oxygen atoms in total. The van der Waals surface area contributed by atoms with Crippen LogP contribution in [0.25, 0.3) is 0 Å². The standard InChI is InChI=1S/C12H21NO3/c1-8(11(15)16)10(14)13-9-4-6-12(2,3)7-5-9/h8-9H,4-7H2,1-3H3,(H,13,14)(H,15,16). The molecule has 2 N–H and O–H groups in total. The fourth-order valence-electron chi connectivity index (χ4n) is 1.98. The van der Waals surface area contributed by atoms with Gasteiger partial charge >= 0.3 is 5.97 Å². The van der Waals surface area contributed by atoms with Crippen LogP contribution in [0.5, 0.6) is 0 Å². The van der Waals surface area contributed by atoms with Gasteiger partial charge in [0.05, 0.1) is 0 Å². The fourth-order valence-corrected chi connectivity index (χ4v) is 1.98. The van der Waals surface area contributed by atoms with Crippen molar-refractivity contribution in [1.82, 2.24) is 5.32 Å². The van der Waals surface area contributed by atoms with Crippen LogP contribution in [0.3, 0.4) is 0 Å². The summed E-state index contributed by atoms with van der Waals surface area (Å²) in [6, 6.07) is 0.155. The van der Waals surface area contributed by atoms with Gasteiger partial charge in [-0.1, -0.05) is 13.8 Å². The molecule has 0 bridgehead atoms. The molecule has 0 aromatic rings. The second-order valence-corrected chi connectivity index (χ2v) is 5.51. The van der Waals surface area contributed by atoms with E-state index in [1.807, 2.05) is 0 Å². The molecule has 1 aliphatic rings. The van der Waals surface area contributed by atoms with E-state index in [0.29, 0.717) is 5.41 Å². The number of carbonyl (C=O) groups excluding carboxylic acids is 1. The van der Waals surface area contributed by atoms with E-state index in [-0.39, 0.29) is 11.9 Å². The summed E-state index contributed by atoms with van der Waals surface area (Å²) >= 11 is 0. The van der Waals surface area contributed by atoms with Gasteiger partial charge in [0.1, 0.15) is 5.92 Å². The van der Waals surface area contributed by atoms with Crippen molar-refractivity contribution in [3.63, 3.8) is 0 Å². The first kappa shape index (κ1) is 13.0. The summed E-state index contributed by atoms with van der Waals surface area (Å²) in [6.07, 6.45) is 4.06. The van der Waals surface area contributed by atoms with E-state index in [0.717, 1.165) is 25.7 Å². The Morgan fingerprint density at radius 3 is 2.25 bits per heavy atom. The van der Waals surface area contributed by atoms with Crippen LogP contribution in [0.15, 0.2) is 0 Å². The lowest BCUT2D eigenvalue weighted by Gasteiger charge is -2.34. The number of amides is 1. The number of hydrogen-bond donors (Lipinski definition) is 2. The van der Waals surface area contributed by atoms with Gasteiger partial charge in [-0.2, -0.15) is 0 Å². The maximum Gasteiger partial charge on any atom is 0.315 e. The van der Waals surface area contributed by atoms with Crippen molar-refractivity contribution in [1.29, 1.82) is 0 Å². The van der Waals surface area contributed by atoms with Crippen molar-refractivity contribution in [3.05, 3.63) is 0 Å². The average molecular weight is 227 g/mol. The molecule has 0 spiro atoms. The van der Waals surface area contributed by atoms with Crippen molar-refractivity contribution >= 4 is 11.9 Å². The molecule has 1 aliphatic carbocycles. The molecule has 0 heterocycles. The number of aliphatic carboxylic acids is 1. The second-order valence-electron chi connectivity index (χ2n) is 5.51. The highest BCUT2D eigenvalue weighted by molar-refractivity contribution is 5.96. The quantitative estimate of drug-likeness (QED) is 0.722. The minimum atomic E-state index is -1.06. The van der Waals surface area contributed by atoms with E-state index in [1.165, 1.54) is 6.92 Å². The number of carbonyl (C=O) groups is 2. The van der Waals surface area contributed by atoms with Crippen LogP contribution in [-0.4, -0.2) is 23.0 Å². The van der Waals surface area contributed by atoms with E-state index in [9.17, 15) is 9.59 Å². The van der Waals surface area contributed by atoms with Crippen molar-refractivity contribution in [2.45, 2.75) is 52.5 Å². The van der Waals surface area contributed by atoms with E-state index >= 15 is 0 Å². The molecule has 1 unspecified atom stereocenters. The van der Waals surface area contributed by atoms with Gasteiger partial charge in [0, 0.05) is 6.04 Å². The normalized spacial score (nSPS) is 22.4. The smallest absolute Gasteiger partial charge is 0.315 e. The zero-order chi connectivity index (χ0) is 12.3. The molecule has 92 valence electrons. The van der Waals surface area contributed by atoms with Crippen molar-refractivity contribution < 1.29 is 14.7 Å². The first-order valence-corrected chi connectivity index (χ1v) is 5.85. The van der Waals surface area contributed by atoms with E-state index < -0.39 is 11.9 Å². The maximum atomic E-state index is 11.5. The molecule has 1 amide bonds. The molecule has 1 atom stereocenters. The van der Waals surface area contributed by atoms with Gasteiger partial charge in [-0.15, -0.1) is 0 Å². The Morgan fingerprint density at radius 2 is 1.81 bits per heavy atom. The van der Waals surface area contributed by atoms with E-state index in [1.54, 1.807) is 0 Å². The van der Waals surface area contributed by atoms with Crippen molar-refractivity contribution in [3.8, 4) is 0 Å². The lowest BCUT2D eigenvalue weighted by molar-refractivity contribution is -0.146. The van der Waals surface area contributed by atoms with Gasteiger partial charge in [0.15, 0.2) is 0 Å². The minimum Gasteiger partial charge on any atom is -0.481 e. The fraction of sp³-hybridized carbons (Fsp3) is 0.833. The first-order valence-electron chi connectivity index (χ1n) is 5.85. The van der Waals surface area contributed by atoms with Crippen molar-refractivity contribution in [2.75, 3.05) is 0 Å². The van der Waals surface area contributed by atoms with Gasteiger partial charge in [-0.25, -0.2) is 0 Å². The van der Waals surface area contributed by atoms with Crippen LogP contribution in [-0.2, 0) is 9.59 Å². The third-order valence-corrected chi connectivity index (χ3v) is 3.45. The summed E-state index contributed by atoms with van der Waals surface area (Å²) in [5, 5.41) is 11.5. The van der Waals surface area contributed by atoms with Gasteiger partial charge in [-0.3, -0.25) is 9.59 Å². The Bertz CT molecular complexity index is 276. The highest BCUT2D eigenvalue weighted by atomic mass is 16.4. The summed E-state index contributed by atoms with van der Waals surface area (Å²) in [7, 11) is 0. The first-order chi connectivity index (χ1) is 7.32. The predicted octanol–water partition coefficient (Wildman–Crippen LogP) is 1.79. The molecule has 0 radical (unpaired) electrons. The number of hydrogen-bond acceptors (Lipinski definition) is 2. The van der Waals surface area contributed by atoms with Crippen LogP contribution in [0.1, 0.15) is 46.5 Å². The lowest BCUT2D eigenvalue weighted by atomic mass is 9.75. The van der Waals surface area contributed by atoms with Gasteiger partial charge < -0.3 is 10.4 Å². The van der Waals surface area contributed by atoms with Gasteiger partial charge in [-0.05, 0) is 38.0 Å². The van der Waals surface area contributed by atoms with Gasteiger partial charge in [0.2, 0.25) is 5.91 Å². The van der Waals surface area contributed by atoms with E-state index in [4.69, 9.17) is 5.11 Å². The third-order valence-electron chi connectivity index (χ3n) is 3.45. The number of nitrogens with one attached hydrogen (secondary N) is 1. The van der Waals surface area contributed by atoms with Crippen molar-refractivity contribution in [2.24, 2.45) is 11.3 Å². The zero-order valence-corrected chi connectivity index (χ0v) is 10.2. The van der Waals surface area contributed by atoms with Crippen LogP contribution in [0.4, 0.5) is 0 Å². The Kier molecular flexibility index (Phi) is 3.94. The Hall–Kier alpha value is -1.06. The molecule has 1 fully saturated rings. The maximum absolute atomic E-state index is 11.5. The predicted molar refractivity (Wildman–Crippen MR) is 61.0 cm³/mol. The van der Waals surface area contributed by atoms with Crippen LogP contribution < -0.4 is 5.32 Å². The summed E-state index contributed by atoms with van der Waals surface area (Å²) in [5.74, 6) is -2.37. The summed E-state index contributed by atoms with van der Waals surface area (Å²) in [5.41, 5.74) is 0.361. The monoisotopic (exact) mass is 227 g/mol. The molecule has 1 saturated carbocycles. The summed E-state index contributed by atoms with van der Waals surface area (Å²) in [6.45, 7) is 5.88. The SMILES string of the molecule is CC(C(=O)O)C(=O)NC1CCC(C)(C)CC1. The summed E-state index contributed by atoms with van der Waals surface area (Å²) in [4.78, 5) is 22.1. The second kappa shape index (κ2) is 4.85. The average Bonchev–Trinajstić information content (AvgIpc) is 2.19. The lowest BCUT2D eigenvalue weighted by Crippen LogP contribution is -2.43. The highest BCUT2D eigenvalue weighted by Crippen LogP contribution is 2.34.